The Kier molecular flexibility index (Phi) is 3.14. The van der Waals surface area contributed by atoms with Crippen molar-refractivity contribution in [3.63, 3.8) is 0 Å². The van der Waals surface area contributed by atoms with Gasteiger partial charge in [0.25, 0.3) is 0 Å². The van der Waals surface area contributed by atoms with Gasteiger partial charge in [-0.15, -0.1) is 13.2 Å². The minimum Gasteiger partial charge on any atom is -0.508 e. The van der Waals surface area contributed by atoms with E-state index in [-0.39, 0.29) is 11.3 Å². The van der Waals surface area contributed by atoms with E-state index in [9.17, 15) is 13.2 Å². The topological polar surface area (TPSA) is 29.5 Å². The summed E-state index contributed by atoms with van der Waals surface area (Å²) in [4.78, 5) is 0. The van der Waals surface area contributed by atoms with E-state index < -0.39 is 12.1 Å². The fourth-order valence-electron chi connectivity index (χ4n) is 1.49. The summed E-state index contributed by atoms with van der Waals surface area (Å²) in [5, 5.41) is 9.14. The number of hydrogen-bond donors (Lipinski definition) is 1. The first-order chi connectivity index (χ1) is 8.46. The van der Waals surface area contributed by atoms with E-state index >= 15 is 0 Å². The number of alkyl halides is 3. The Morgan fingerprint density at radius 1 is 1.06 bits per heavy atom. The van der Waals surface area contributed by atoms with Crippen LogP contribution in [0.5, 0.6) is 11.5 Å². The fraction of sp³-hybridized carbons (Fsp3) is 0.0769. The Labute approximate surface area is 101 Å². The van der Waals surface area contributed by atoms with Gasteiger partial charge < -0.3 is 9.84 Å². The van der Waals surface area contributed by atoms with Gasteiger partial charge in [-0.2, -0.15) is 0 Å². The summed E-state index contributed by atoms with van der Waals surface area (Å²) in [6.07, 6.45) is -4.76. The van der Waals surface area contributed by atoms with Crippen LogP contribution >= 0.6 is 0 Å². The molecule has 0 unspecified atom stereocenters. The van der Waals surface area contributed by atoms with Crippen LogP contribution in [0.2, 0.25) is 0 Å². The van der Waals surface area contributed by atoms with Crippen LogP contribution in [0, 0.1) is 6.07 Å². The summed E-state index contributed by atoms with van der Waals surface area (Å²) >= 11 is 0. The lowest BCUT2D eigenvalue weighted by Gasteiger charge is -2.12. The molecule has 93 valence electrons. The fourth-order valence-corrected chi connectivity index (χ4v) is 1.49. The molecule has 2 aromatic carbocycles. The van der Waals surface area contributed by atoms with Gasteiger partial charge in [0.15, 0.2) is 0 Å². The number of ether oxygens (including phenoxy) is 1. The van der Waals surface area contributed by atoms with Crippen molar-refractivity contribution < 1.29 is 23.0 Å². The van der Waals surface area contributed by atoms with Crippen molar-refractivity contribution >= 4 is 0 Å². The highest BCUT2D eigenvalue weighted by Crippen LogP contribution is 2.33. The first-order valence-corrected chi connectivity index (χ1v) is 5.01. The summed E-state index contributed by atoms with van der Waals surface area (Å²) in [6.45, 7) is 0. The molecule has 0 fully saturated rings. The number of halogens is 3. The van der Waals surface area contributed by atoms with Crippen molar-refractivity contribution in [1.29, 1.82) is 0 Å². The van der Waals surface area contributed by atoms with E-state index in [1.54, 1.807) is 6.07 Å². The zero-order valence-electron chi connectivity index (χ0n) is 9.03. The van der Waals surface area contributed by atoms with Gasteiger partial charge in [-0.1, -0.05) is 30.3 Å². The lowest BCUT2D eigenvalue weighted by Crippen LogP contribution is -2.17. The summed E-state index contributed by atoms with van der Waals surface area (Å²) in [7, 11) is 0. The average molecular weight is 253 g/mol. The summed E-state index contributed by atoms with van der Waals surface area (Å²) in [5.74, 6) is -0.354. The molecule has 2 rings (SSSR count). The van der Waals surface area contributed by atoms with Crippen LogP contribution < -0.4 is 4.74 Å². The number of para-hydroxylation sites is 1. The smallest absolute Gasteiger partial charge is 0.508 e. The Morgan fingerprint density at radius 3 is 2.33 bits per heavy atom. The molecule has 0 saturated heterocycles. The normalized spacial score (nSPS) is 11.3. The van der Waals surface area contributed by atoms with Gasteiger partial charge >= 0.3 is 6.36 Å². The molecule has 0 aliphatic heterocycles. The van der Waals surface area contributed by atoms with E-state index in [4.69, 9.17) is 5.11 Å². The molecule has 0 spiro atoms. The van der Waals surface area contributed by atoms with Crippen LogP contribution in [0.15, 0.2) is 42.5 Å². The monoisotopic (exact) mass is 253 g/mol. The van der Waals surface area contributed by atoms with Gasteiger partial charge in [0, 0.05) is 11.6 Å². The van der Waals surface area contributed by atoms with E-state index in [1.165, 1.54) is 36.4 Å². The molecule has 0 aliphatic rings. The number of phenols is 1. The highest BCUT2D eigenvalue weighted by Gasteiger charge is 2.32. The molecule has 0 aromatic heterocycles. The van der Waals surface area contributed by atoms with E-state index in [0.717, 1.165) is 0 Å². The highest BCUT2D eigenvalue weighted by molar-refractivity contribution is 5.70. The van der Waals surface area contributed by atoms with Crippen LogP contribution in [0.25, 0.3) is 11.1 Å². The number of phenolic OH excluding ortho intramolecular Hbond substituents is 1. The number of rotatable bonds is 2. The van der Waals surface area contributed by atoms with E-state index in [0.29, 0.717) is 5.56 Å². The molecule has 0 atom stereocenters. The summed E-state index contributed by atoms with van der Waals surface area (Å²) in [6, 6.07) is 12.6. The zero-order valence-corrected chi connectivity index (χ0v) is 9.03. The van der Waals surface area contributed by atoms with Gasteiger partial charge in [-0.05, 0) is 17.7 Å². The molecule has 5 heteroatoms. The first-order valence-electron chi connectivity index (χ1n) is 5.01. The maximum atomic E-state index is 12.2. The Balaban J connectivity index is 2.41. The van der Waals surface area contributed by atoms with Crippen molar-refractivity contribution in [2.45, 2.75) is 6.36 Å². The third-order valence-electron chi connectivity index (χ3n) is 2.21. The Hall–Kier alpha value is -2.17. The first kappa shape index (κ1) is 12.3. The minimum atomic E-state index is -4.76. The lowest BCUT2D eigenvalue weighted by atomic mass is 10.0. The number of aromatic hydroxyl groups is 1. The minimum absolute atomic E-state index is 0.0388. The summed E-state index contributed by atoms with van der Waals surface area (Å²) < 4.78 is 40.6. The molecule has 18 heavy (non-hydrogen) atoms. The predicted octanol–water partition coefficient (Wildman–Crippen LogP) is 3.76. The van der Waals surface area contributed by atoms with Crippen LogP contribution in [-0.2, 0) is 0 Å². The second-order valence-electron chi connectivity index (χ2n) is 3.51. The summed E-state index contributed by atoms with van der Waals surface area (Å²) in [5.41, 5.74) is 0.763. The zero-order chi connectivity index (χ0) is 13.2. The SMILES string of the molecule is Oc1ccc(-c2ccc[c]c2OC(F)(F)F)cc1. The van der Waals surface area contributed by atoms with Crippen molar-refractivity contribution in [3.05, 3.63) is 48.5 Å². The molecular formula is C13H8F3O2. The van der Waals surface area contributed by atoms with Crippen molar-refractivity contribution in [2.75, 3.05) is 0 Å². The second-order valence-corrected chi connectivity index (χ2v) is 3.51. The second kappa shape index (κ2) is 4.60. The standard InChI is InChI=1S/C13H8F3O2/c14-13(15,16)18-12-4-2-1-3-11(12)9-5-7-10(17)8-6-9/h1-3,5-8,17H. The molecular weight excluding hydrogens is 245 g/mol. The lowest BCUT2D eigenvalue weighted by molar-refractivity contribution is -0.274. The van der Waals surface area contributed by atoms with Crippen molar-refractivity contribution in [1.82, 2.24) is 0 Å². The van der Waals surface area contributed by atoms with Gasteiger partial charge in [0.1, 0.15) is 11.5 Å². The molecule has 1 N–H and O–H groups in total. The maximum Gasteiger partial charge on any atom is 0.573 e. The van der Waals surface area contributed by atoms with Gasteiger partial charge in [0.2, 0.25) is 0 Å². The third-order valence-corrected chi connectivity index (χ3v) is 2.21. The van der Waals surface area contributed by atoms with E-state index in [2.05, 4.69) is 10.8 Å². The van der Waals surface area contributed by atoms with E-state index in [1.807, 2.05) is 0 Å². The Morgan fingerprint density at radius 2 is 1.72 bits per heavy atom. The Bertz CT molecular complexity index is 533. The quantitative estimate of drug-likeness (QED) is 0.883. The highest BCUT2D eigenvalue weighted by atomic mass is 19.4. The molecule has 2 aromatic rings. The molecule has 0 heterocycles. The largest absolute Gasteiger partial charge is 0.573 e. The molecule has 2 nitrogen and oxygen atoms in total. The molecule has 0 saturated carbocycles. The molecule has 0 amide bonds. The predicted molar refractivity (Wildman–Crippen MR) is 59.1 cm³/mol. The molecule has 1 radical (unpaired) electrons. The van der Waals surface area contributed by atoms with Crippen molar-refractivity contribution in [3.8, 4) is 22.6 Å². The van der Waals surface area contributed by atoms with Gasteiger partial charge in [-0.3, -0.25) is 0 Å². The van der Waals surface area contributed by atoms with Crippen LogP contribution in [0.1, 0.15) is 0 Å². The van der Waals surface area contributed by atoms with Crippen molar-refractivity contribution in [2.24, 2.45) is 0 Å². The van der Waals surface area contributed by atoms with Gasteiger partial charge in [0.05, 0.1) is 0 Å². The molecule has 0 bridgehead atoms. The average Bonchev–Trinajstić information content (AvgIpc) is 2.29. The van der Waals surface area contributed by atoms with Crippen LogP contribution in [0.4, 0.5) is 13.2 Å². The van der Waals surface area contributed by atoms with Crippen LogP contribution in [-0.4, -0.2) is 11.5 Å². The van der Waals surface area contributed by atoms with Gasteiger partial charge in [-0.25, -0.2) is 0 Å². The maximum absolute atomic E-state index is 12.2. The number of hydrogen-bond acceptors (Lipinski definition) is 2. The van der Waals surface area contributed by atoms with Crippen LogP contribution in [0.3, 0.4) is 0 Å². The molecule has 0 aliphatic carbocycles. The number of benzene rings is 2. The third kappa shape index (κ3) is 2.94.